The molecule has 0 aliphatic carbocycles. The van der Waals surface area contributed by atoms with Crippen molar-refractivity contribution in [3.63, 3.8) is 0 Å². The second-order valence-corrected chi connectivity index (χ2v) is 6.69. The number of hydrogen-bond acceptors (Lipinski definition) is 0. The Labute approximate surface area is 133 Å². The van der Waals surface area contributed by atoms with E-state index in [2.05, 4.69) is 73.7 Å². The second-order valence-electron chi connectivity index (χ2n) is 6.69. The first-order chi connectivity index (χ1) is 11.3. The van der Waals surface area contributed by atoms with E-state index < -0.39 is 0 Å². The molecule has 0 nitrogen and oxygen atoms in total. The van der Waals surface area contributed by atoms with Crippen molar-refractivity contribution >= 4 is 53.9 Å². The van der Waals surface area contributed by atoms with Crippen LogP contribution in [-0.4, -0.2) is 0 Å². The summed E-state index contributed by atoms with van der Waals surface area (Å²) in [6, 6.07) is 24.9. The summed E-state index contributed by atoms with van der Waals surface area (Å²) in [5.41, 5.74) is 1.36. The largest absolute Gasteiger partial charge is 0.0610 e. The molecule has 0 radical (unpaired) electrons. The zero-order chi connectivity index (χ0) is 15.1. The lowest BCUT2D eigenvalue weighted by Gasteiger charge is -2.17. The molecular formula is C23H14. The highest BCUT2D eigenvalue weighted by molar-refractivity contribution is 6.36. The fourth-order valence-electron chi connectivity index (χ4n) is 4.40. The van der Waals surface area contributed by atoms with Crippen LogP contribution in [0.1, 0.15) is 5.56 Å². The van der Waals surface area contributed by atoms with E-state index in [1.165, 1.54) is 59.4 Å². The van der Waals surface area contributed by atoms with Crippen LogP contribution in [0.5, 0.6) is 0 Å². The Morgan fingerprint density at radius 3 is 1.91 bits per heavy atom. The van der Waals surface area contributed by atoms with Gasteiger partial charge >= 0.3 is 0 Å². The highest BCUT2D eigenvalue weighted by Gasteiger charge is 2.15. The molecule has 0 atom stereocenters. The molecular weight excluding hydrogens is 276 g/mol. The van der Waals surface area contributed by atoms with E-state index in [9.17, 15) is 0 Å². The van der Waals surface area contributed by atoms with Gasteiger partial charge in [0.1, 0.15) is 0 Å². The molecule has 0 heteroatoms. The van der Waals surface area contributed by atoms with Crippen molar-refractivity contribution in [3.8, 4) is 0 Å². The number of rotatable bonds is 0. The van der Waals surface area contributed by atoms with Gasteiger partial charge in [-0.1, -0.05) is 54.6 Å². The van der Waals surface area contributed by atoms with Crippen molar-refractivity contribution < 1.29 is 0 Å². The Hall–Kier alpha value is -2.86. The van der Waals surface area contributed by atoms with Crippen LogP contribution in [0, 0.1) is 6.92 Å². The van der Waals surface area contributed by atoms with Gasteiger partial charge in [-0.2, -0.15) is 0 Å². The molecule has 0 fully saturated rings. The van der Waals surface area contributed by atoms with Gasteiger partial charge < -0.3 is 0 Å². The summed E-state index contributed by atoms with van der Waals surface area (Å²) in [6.07, 6.45) is 0. The van der Waals surface area contributed by atoms with E-state index >= 15 is 0 Å². The average molecular weight is 290 g/mol. The van der Waals surface area contributed by atoms with Crippen molar-refractivity contribution in [2.45, 2.75) is 6.92 Å². The minimum Gasteiger partial charge on any atom is -0.0610 e. The lowest BCUT2D eigenvalue weighted by Crippen LogP contribution is -1.90. The molecule has 0 bridgehead atoms. The number of benzene rings is 6. The van der Waals surface area contributed by atoms with Crippen molar-refractivity contribution in [1.29, 1.82) is 0 Å². The van der Waals surface area contributed by atoms with Crippen LogP contribution in [0.3, 0.4) is 0 Å². The molecule has 6 aromatic rings. The van der Waals surface area contributed by atoms with Gasteiger partial charge in [-0.05, 0) is 78.5 Å². The van der Waals surface area contributed by atoms with Gasteiger partial charge in [0.15, 0.2) is 0 Å². The molecule has 106 valence electrons. The predicted octanol–water partition coefficient (Wildman–Crippen LogP) is 6.64. The van der Waals surface area contributed by atoms with Gasteiger partial charge in [0.05, 0.1) is 0 Å². The van der Waals surface area contributed by atoms with E-state index in [-0.39, 0.29) is 0 Å². The topological polar surface area (TPSA) is 0 Å². The summed E-state index contributed by atoms with van der Waals surface area (Å²) in [5, 5.41) is 13.8. The minimum absolute atomic E-state index is 1.34. The second kappa shape index (κ2) is 3.72. The smallest absolute Gasteiger partial charge is 0.00140 e. The van der Waals surface area contributed by atoms with E-state index in [0.717, 1.165) is 0 Å². The molecule has 0 amide bonds. The first-order valence-electron chi connectivity index (χ1n) is 8.13. The molecule has 6 rings (SSSR count). The average Bonchev–Trinajstić information content (AvgIpc) is 2.59. The van der Waals surface area contributed by atoms with Gasteiger partial charge in [-0.3, -0.25) is 0 Å². The van der Waals surface area contributed by atoms with Gasteiger partial charge in [-0.25, -0.2) is 0 Å². The molecule has 0 aliphatic rings. The Morgan fingerprint density at radius 2 is 1.04 bits per heavy atom. The standard InChI is InChI=1S/C23H14/c1-13-5-6-15-8-9-17-11-16-4-2-3-14-7-10-18-12-19(13)21(15)23(17)22(18)20(14)16/h2-12H,1H3. The third kappa shape index (κ3) is 1.29. The Kier molecular flexibility index (Phi) is 1.89. The summed E-state index contributed by atoms with van der Waals surface area (Å²) in [4.78, 5) is 0. The van der Waals surface area contributed by atoms with Crippen molar-refractivity contribution in [1.82, 2.24) is 0 Å². The summed E-state index contributed by atoms with van der Waals surface area (Å²) in [5.74, 6) is 0. The fourth-order valence-corrected chi connectivity index (χ4v) is 4.40. The molecule has 0 aliphatic heterocycles. The Bertz CT molecular complexity index is 1350. The molecule has 0 N–H and O–H groups in total. The van der Waals surface area contributed by atoms with Crippen molar-refractivity contribution in [3.05, 3.63) is 72.3 Å². The van der Waals surface area contributed by atoms with Gasteiger partial charge in [0.25, 0.3) is 0 Å². The van der Waals surface area contributed by atoms with Crippen LogP contribution in [0.25, 0.3) is 53.9 Å². The van der Waals surface area contributed by atoms with Crippen molar-refractivity contribution in [2.24, 2.45) is 0 Å². The molecule has 0 unspecified atom stereocenters. The lowest BCUT2D eigenvalue weighted by atomic mass is 9.86. The SMILES string of the molecule is Cc1ccc2ccc3cc4cccc5ccc6cc1c2c3c6c54. The third-order valence-corrected chi connectivity index (χ3v) is 5.45. The van der Waals surface area contributed by atoms with Crippen LogP contribution < -0.4 is 0 Å². The first-order valence-corrected chi connectivity index (χ1v) is 8.13. The summed E-state index contributed by atoms with van der Waals surface area (Å²) in [6.45, 7) is 2.22. The molecule has 0 spiro atoms. The lowest BCUT2D eigenvalue weighted by molar-refractivity contribution is 1.55. The maximum Gasteiger partial charge on any atom is -0.00140 e. The fraction of sp³-hybridized carbons (Fsp3) is 0.0435. The minimum atomic E-state index is 1.34. The van der Waals surface area contributed by atoms with Crippen LogP contribution in [-0.2, 0) is 0 Å². The Morgan fingerprint density at radius 1 is 0.478 bits per heavy atom. The zero-order valence-corrected chi connectivity index (χ0v) is 12.9. The number of hydrogen-bond donors (Lipinski definition) is 0. The van der Waals surface area contributed by atoms with Gasteiger partial charge in [-0.15, -0.1) is 0 Å². The normalized spacial score (nSPS) is 12.6. The summed E-state index contributed by atoms with van der Waals surface area (Å²) < 4.78 is 0. The Balaban J connectivity index is 2.13. The van der Waals surface area contributed by atoms with Crippen LogP contribution in [0.15, 0.2) is 66.7 Å². The molecule has 6 aromatic carbocycles. The third-order valence-electron chi connectivity index (χ3n) is 5.45. The van der Waals surface area contributed by atoms with E-state index in [1.807, 2.05) is 0 Å². The first kappa shape index (κ1) is 11.7. The molecule has 0 saturated heterocycles. The monoisotopic (exact) mass is 290 g/mol. The quantitative estimate of drug-likeness (QED) is 0.217. The van der Waals surface area contributed by atoms with Gasteiger partial charge in [0, 0.05) is 0 Å². The van der Waals surface area contributed by atoms with Crippen LogP contribution in [0.4, 0.5) is 0 Å². The highest BCUT2D eigenvalue weighted by Crippen LogP contribution is 2.43. The van der Waals surface area contributed by atoms with Gasteiger partial charge in [0.2, 0.25) is 0 Å². The summed E-state index contributed by atoms with van der Waals surface area (Å²) >= 11 is 0. The van der Waals surface area contributed by atoms with E-state index in [0.29, 0.717) is 0 Å². The molecule has 23 heavy (non-hydrogen) atoms. The number of aryl methyl sites for hydroxylation is 1. The zero-order valence-electron chi connectivity index (χ0n) is 12.9. The molecule has 0 saturated carbocycles. The predicted molar refractivity (Wildman–Crippen MR) is 101 cm³/mol. The summed E-state index contributed by atoms with van der Waals surface area (Å²) in [7, 11) is 0. The molecule has 0 heterocycles. The molecule has 0 aromatic heterocycles. The van der Waals surface area contributed by atoms with Crippen LogP contribution >= 0.6 is 0 Å². The maximum atomic E-state index is 2.38. The maximum absolute atomic E-state index is 2.38. The van der Waals surface area contributed by atoms with Crippen LogP contribution in [0.2, 0.25) is 0 Å². The van der Waals surface area contributed by atoms with Crippen molar-refractivity contribution in [2.75, 3.05) is 0 Å². The highest BCUT2D eigenvalue weighted by atomic mass is 14.2. The van der Waals surface area contributed by atoms with E-state index in [4.69, 9.17) is 0 Å². The van der Waals surface area contributed by atoms with E-state index in [1.54, 1.807) is 0 Å².